The maximum atomic E-state index is 13.0. The van der Waals surface area contributed by atoms with Crippen LogP contribution in [0.2, 0.25) is 0 Å². The summed E-state index contributed by atoms with van der Waals surface area (Å²) >= 11 is 0. The third-order valence-corrected chi connectivity index (χ3v) is 1.49. The van der Waals surface area contributed by atoms with E-state index >= 15 is 0 Å². The van der Waals surface area contributed by atoms with Gasteiger partial charge in [0.1, 0.15) is 5.83 Å². The molecule has 0 radical (unpaired) electrons. The van der Waals surface area contributed by atoms with Crippen LogP contribution in [0.5, 0.6) is 0 Å². The minimum Gasteiger partial charge on any atom is -0.399 e. The van der Waals surface area contributed by atoms with Gasteiger partial charge in [-0.3, -0.25) is 0 Å². The van der Waals surface area contributed by atoms with Crippen LogP contribution >= 0.6 is 0 Å². The van der Waals surface area contributed by atoms with Crippen LogP contribution in [0.3, 0.4) is 0 Å². The smallest absolute Gasteiger partial charge is 0.188 e. The number of allylic oxidation sites excluding steroid dienone is 3. The molecule has 0 aromatic heterocycles. The Labute approximate surface area is 62.4 Å². The molecule has 0 aromatic rings. The van der Waals surface area contributed by atoms with Gasteiger partial charge in [-0.25, -0.2) is 13.2 Å². The molecule has 0 aromatic carbocycles. The van der Waals surface area contributed by atoms with Crippen molar-refractivity contribution in [2.24, 2.45) is 5.73 Å². The van der Waals surface area contributed by atoms with Crippen molar-refractivity contribution in [1.29, 1.82) is 0 Å². The van der Waals surface area contributed by atoms with E-state index in [1.54, 1.807) is 0 Å². The Bertz CT molecular complexity index is 230. The molecule has 4 heteroatoms. The fraction of sp³-hybridized carbons (Fsp3) is 0.429. The van der Waals surface area contributed by atoms with E-state index in [9.17, 15) is 13.2 Å². The number of alkyl halides is 2. The first-order valence-corrected chi connectivity index (χ1v) is 3.12. The van der Waals surface area contributed by atoms with Gasteiger partial charge in [-0.05, 0) is 19.1 Å². The van der Waals surface area contributed by atoms with Crippen LogP contribution in [-0.2, 0) is 0 Å². The third kappa shape index (κ3) is 1.39. The van der Waals surface area contributed by atoms with Gasteiger partial charge in [-0.1, -0.05) is 0 Å². The van der Waals surface area contributed by atoms with Crippen LogP contribution in [0.15, 0.2) is 23.7 Å². The van der Waals surface area contributed by atoms with Crippen molar-refractivity contribution in [2.45, 2.75) is 18.8 Å². The van der Waals surface area contributed by atoms with E-state index in [2.05, 4.69) is 0 Å². The molecule has 11 heavy (non-hydrogen) atoms. The molecule has 0 spiro atoms. The normalized spacial score (nSPS) is 38.0. The molecule has 1 rings (SSSR count). The molecular formula is C7H8F3N. The second kappa shape index (κ2) is 2.29. The van der Waals surface area contributed by atoms with E-state index in [1.165, 1.54) is 0 Å². The summed E-state index contributed by atoms with van der Waals surface area (Å²) in [6.07, 6.45) is -0.581. The maximum Gasteiger partial charge on any atom is 0.188 e. The summed E-state index contributed by atoms with van der Waals surface area (Å²) in [7, 11) is 0. The van der Waals surface area contributed by atoms with Crippen molar-refractivity contribution in [3.05, 3.63) is 23.7 Å². The summed E-state index contributed by atoms with van der Waals surface area (Å²) in [4.78, 5) is 0. The zero-order valence-corrected chi connectivity index (χ0v) is 5.94. The van der Waals surface area contributed by atoms with Crippen LogP contribution < -0.4 is 5.73 Å². The lowest BCUT2D eigenvalue weighted by atomic mass is 9.95. The standard InChI is InChI=1S/C7H8F3N/c1-7(10)3-4(11)2-5(8)6(7)9/h2-3,6H,11H2,1H3. The van der Waals surface area contributed by atoms with E-state index in [4.69, 9.17) is 5.73 Å². The quantitative estimate of drug-likeness (QED) is 0.578. The molecule has 0 fully saturated rings. The zero-order chi connectivity index (χ0) is 8.65. The van der Waals surface area contributed by atoms with Gasteiger partial charge >= 0.3 is 0 Å². The molecule has 0 saturated heterocycles. The van der Waals surface area contributed by atoms with Gasteiger partial charge in [-0.15, -0.1) is 0 Å². The lowest BCUT2D eigenvalue weighted by Crippen LogP contribution is -2.33. The number of halogens is 3. The van der Waals surface area contributed by atoms with Crippen LogP contribution in [-0.4, -0.2) is 11.8 Å². The fourth-order valence-corrected chi connectivity index (χ4v) is 0.943. The van der Waals surface area contributed by atoms with Gasteiger partial charge < -0.3 is 5.73 Å². The second-order valence-corrected chi connectivity index (χ2v) is 2.69. The van der Waals surface area contributed by atoms with E-state index in [-0.39, 0.29) is 5.70 Å². The fourth-order valence-electron chi connectivity index (χ4n) is 0.943. The van der Waals surface area contributed by atoms with Crippen molar-refractivity contribution in [3.63, 3.8) is 0 Å². The van der Waals surface area contributed by atoms with Crippen LogP contribution in [0, 0.1) is 0 Å². The van der Waals surface area contributed by atoms with E-state index < -0.39 is 17.7 Å². The molecule has 2 N–H and O–H groups in total. The zero-order valence-electron chi connectivity index (χ0n) is 5.94. The van der Waals surface area contributed by atoms with Crippen molar-refractivity contribution in [1.82, 2.24) is 0 Å². The van der Waals surface area contributed by atoms with Gasteiger partial charge in [0.2, 0.25) is 0 Å². The molecule has 2 atom stereocenters. The first-order chi connectivity index (χ1) is 4.93. The van der Waals surface area contributed by atoms with Gasteiger partial charge in [0.15, 0.2) is 11.8 Å². The Morgan fingerprint density at radius 1 is 1.64 bits per heavy atom. The minimum absolute atomic E-state index is 0.0820. The Kier molecular flexibility index (Phi) is 1.70. The van der Waals surface area contributed by atoms with Gasteiger partial charge in [0.25, 0.3) is 0 Å². The number of hydrogen-bond donors (Lipinski definition) is 1. The lowest BCUT2D eigenvalue weighted by molar-refractivity contribution is 0.117. The molecular weight excluding hydrogens is 155 g/mol. The van der Waals surface area contributed by atoms with Gasteiger partial charge in [0.05, 0.1) is 0 Å². The molecule has 0 aliphatic heterocycles. The minimum atomic E-state index is -2.32. The van der Waals surface area contributed by atoms with Crippen LogP contribution in [0.1, 0.15) is 6.92 Å². The summed E-state index contributed by atoms with van der Waals surface area (Å²) in [5.74, 6) is -1.16. The predicted octanol–water partition coefficient (Wildman–Crippen LogP) is 1.76. The van der Waals surface area contributed by atoms with Gasteiger partial charge in [0, 0.05) is 5.70 Å². The molecule has 1 aliphatic carbocycles. The number of rotatable bonds is 0. The average Bonchev–Trinajstić information content (AvgIpc) is 1.81. The van der Waals surface area contributed by atoms with E-state index in [0.29, 0.717) is 0 Å². The highest BCUT2D eigenvalue weighted by Crippen LogP contribution is 2.31. The summed E-state index contributed by atoms with van der Waals surface area (Å²) in [6, 6.07) is 0. The Balaban J connectivity index is 3.01. The molecule has 0 heterocycles. The number of nitrogens with two attached hydrogens (primary N) is 1. The monoisotopic (exact) mass is 163 g/mol. The van der Waals surface area contributed by atoms with Gasteiger partial charge in [-0.2, -0.15) is 0 Å². The molecule has 0 bridgehead atoms. The van der Waals surface area contributed by atoms with Crippen molar-refractivity contribution < 1.29 is 13.2 Å². The predicted molar refractivity (Wildman–Crippen MR) is 35.9 cm³/mol. The molecule has 62 valence electrons. The summed E-state index contributed by atoms with van der Waals surface area (Å²) < 4.78 is 38.0. The molecule has 1 aliphatic rings. The highest BCUT2D eigenvalue weighted by Gasteiger charge is 2.38. The van der Waals surface area contributed by atoms with E-state index in [0.717, 1.165) is 19.1 Å². The number of hydrogen-bond acceptors (Lipinski definition) is 1. The lowest BCUT2D eigenvalue weighted by Gasteiger charge is -2.23. The second-order valence-electron chi connectivity index (χ2n) is 2.69. The van der Waals surface area contributed by atoms with Crippen LogP contribution in [0.4, 0.5) is 13.2 Å². The highest BCUT2D eigenvalue weighted by molar-refractivity contribution is 5.31. The van der Waals surface area contributed by atoms with E-state index in [1.807, 2.05) is 0 Å². The van der Waals surface area contributed by atoms with Crippen LogP contribution in [0.25, 0.3) is 0 Å². The topological polar surface area (TPSA) is 26.0 Å². The summed E-state index contributed by atoms with van der Waals surface area (Å²) in [6.45, 7) is 0.942. The molecule has 1 nitrogen and oxygen atoms in total. The van der Waals surface area contributed by atoms with Crippen molar-refractivity contribution in [2.75, 3.05) is 0 Å². The first-order valence-electron chi connectivity index (χ1n) is 3.12. The highest BCUT2D eigenvalue weighted by atomic mass is 19.2. The SMILES string of the molecule is CC1(F)C=C(N)C=C(F)C1F. The van der Waals surface area contributed by atoms with Crippen molar-refractivity contribution >= 4 is 0 Å². The summed E-state index contributed by atoms with van der Waals surface area (Å²) in [5, 5.41) is 0. The Hall–Kier alpha value is -0.930. The maximum absolute atomic E-state index is 13.0. The molecule has 2 unspecified atom stereocenters. The Morgan fingerprint density at radius 3 is 2.64 bits per heavy atom. The van der Waals surface area contributed by atoms with Crippen molar-refractivity contribution in [3.8, 4) is 0 Å². The largest absolute Gasteiger partial charge is 0.399 e. The Morgan fingerprint density at radius 2 is 2.18 bits per heavy atom. The summed E-state index contributed by atoms with van der Waals surface area (Å²) in [5.41, 5.74) is 2.70. The molecule has 0 saturated carbocycles. The molecule has 0 amide bonds. The first kappa shape index (κ1) is 8.17. The third-order valence-electron chi connectivity index (χ3n) is 1.49. The average molecular weight is 163 g/mol.